The van der Waals surface area contributed by atoms with Gasteiger partial charge in [-0.15, -0.1) is 0 Å². The summed E-state index contributed by atoms with van der Waals surface area (Å²) in [5, 5.41) is 5.90. The van der Waals surface area contributed by atoms with Crippen LogP contribution in [-0.2, 0) is 21.2 Å². The minimum Gasteiger partial charge on any atom is -0.351 e. The predicted molar refractivity (Wildman–Crippen MR) is 82.7 cm³/mol. The second-order valence-corrected chi connectivity index (χ2v) is 8.20. The molecule has 1 amide bonds. The maximum atomic E-state index is 11.8. The topological polar surface area (TPSA) is 75.3 Å². The van der Waals surface area contributed by atoms with Gasteiger partial charge in [0.15, 0.2) is 9.84 Å². The van der Waals surface area contributed by atoms with E-state index in [9.17, 15) is 13.2 Å². The number of rotatable bonds is 5. The Labute approximate surface area is 126 Å². The number of carbonyl (C=O) groups excluding carboxylic acids is 1. The summed E-state index contributed by atoms with van der Waals surface area (Å²) in [6.45, 7) is 4.49. The van der Waals surface area contributed by atoms with Crippen LogP contribution >= 0.6 is 0 Å². The van der Waals surface area contributed by atoms with Crippen molar-refractivity contribution in [2.45, 2.75) is 32.4 Å². The van der Waals surface area contributed by atoms with Crippen LogP contribution in [0.2, 0.25) is 0 Å². The summed E-state index contributed by atoms with van der Waals surface area (Å²) in [5.41, 5.74) is 1.74. The molecule has 1 aromatic rings. The molecular formula is C15H22N2O3S. The van der Waals surface area contributed by atoms with Crippen LogP contribution in [0.15, 0.2) is 24.3 Å². The number of sulfone groups is 1. The summed E-state index contributed by atoms with van der Waals surface area (Å²) in [6.07, 6.45) is 0.556. The number of hydrogen-bond donors (Lipinski definition) is 2. The molecule has 6 heteroatoms. The maximum Gasteiger partial charge on any atom is 0.234 e. The predicted octanol–water partition coefficient (Wildman–Crippen LogP) is 0.778. The van der Waals surface area contributed by atoms with Crippen molar-refractivity contribution >= 4 is 15.7 Å². The molecule has 1 atom stereocenters. The average Bonchev–Trinajstić information content (AvgIpc) is 2.70. The number of hydrogen-bond acceptors (Lipinski definition) is 4. The minimum absolute atomic E-state index is 0.102. The molecule has 0 aliphatic carbocycles. The van der Waals surface area contributed by atoms with E-state index in [0.29, 0.717) is 13.0 Å². The molecule has 116 valence electrons. The van der Waals surface area contributed by atoms with Gasteiger partial charge in [-0.05, 0) is 25.8 Å². The first-order chi connectivity index (χ1) is 9.78. The molecule has 1 heterocycles. The number of nitrogens with one attached hydrogen (secondary N) is 2. The SMILES string of the molecule is Cc1ccc(CNC(=O)CNC2(C)CCS(=O)(=O)C2)cc1. The summed E-state index contributed by atoms with van der Waals surface area (Å²) in [6, 6.07) is 7.97. The van der Waals surface area contributed by atoms with Gasteiger partial charge in [0.25, 0.3) is 0 Å². The Balaban J connectivity index is 1.76. The van der Waals surface area contributed by atoms with Gasteiger partial charge in [-0.25, -0.2) is 8.42 Å². The highest BCUT2D eigenvalue weighted by Gasteiger charge is 2.38. The van der Waals surface area contributed by atoms with Crippen molar-refractivity contribution in [2.75, 3.05) is 18.1 Å². The Kier molecular flexibility index (Phi) is 4.68. The van der Waals surface area contributed by atoms with E-state index in [4.69, 9.17) is 0 Å². The molecule has 2 rings (SSSR count). The van der Waals surface area contributed by atoms with Gasteiger partial charge >= 0.3 is 0 Å². The van der Waals surface area contributed by atoms with Crippen LogP contribution in [0.25, 0.3) is 0 Å². The number of benzene rings is 1. The second kappa shape index (κ2) is 6.15. The Morgan fingerprint density at radius 3 is 2.52 bits per heavy atom. The lowest BCUT2D eigenvalue weighted by atomic mass is 10.0. The van der Waals surface area contributed by atoms with Gasteiger partial charge in [-0.1, -0.05) is 29.8 Å². The molecule has 1 fully saturated rings. The van der Waals surface area contributed by atoms with Gasteiger partial charge in [0.05, 0.1) is 18.1 Å². The lowest BCUT2D eigenvalue weighted by molar-refractivity contribution is -0.120. The van der Waals surface area contributed by atoms with Crippen molar-refractivity contribution in [3.8, 4) is 0 Å². The lowest BCUT2D eigenvalue weighted by Gasteiger charge is -2.23. The summed E-state index contributed by atoms with van der Waals surface area (Å²) in [7, 11) is -2.96. The molecule has 21 heavy (non-hydrogen) atoms. The van der Waals surface area contributed by atoms with Crippen LogP contribution in [0.1, 0.15) is 24.5 Å². The van der Waals surface area contributed by atoms with Crippen LogP contribution in [-0.4, -0.2) is 37.9 Å². The van der Waals surface area contributed by atoms with Crippen LogP contribution in [0.4, 0.5) is 0 Å². The molecule has 0 radical (unpaired) electrons. The van der Waals surface area contributed by atoms with Crippen LogP contribution < -0.4 is 10.6 Å². The monoisotopic (exact) mass is 310 g/mol. The Bertz CT molecular complexity index is 610. The summed E-state index contributed by atoms with van der Waals surface area (Å²) < 4.78 is 23.0. The molecule has 0 saturated carbocycles. The first kappa shape index (κ1) is 16.0. The molecule has 5 nitrogen and oxygen atoms in total. The fourth-order valence-electron chi connectivity index (χ4n) is 2.41. The molecule has 1 unspecified atom stereocenters. The van der Waals surface area contributed by atoms with Crippen molar-refractivity contribution in [3.63, 3.8) is 0 Å². The zero-order valence-corrected chi connectivity index (χ0v) is 13.3. The third-order valence-electron chi connectivity index (χ3n) is 3.79. The molecule has 1 aliphatic rings. The van der Waals surface area contributed by atoms with Gasteiger partial charge in [0.2, 0.25) is 5.91 Å². The molecular weight excluding hydrogens is 288 g/mol. The van der Waals surface area contributed by atoms with E-state index in [-0.39, 0.29) is 24.0 Å². The fraction of sp³-hybridized carbons (Fsp3) is 0.533. The largest absolute Gasteiger partial charge is 0.351 e. The quantitative estimate of drug-likeness (QED) is 0.843. The molecule has 0 bridgehead atoms. The zero-order chi connectivity index (χ0) is 15.5. The molecule has 2 N–H and O–H groups in total. The van der Waals surface area contributed by atoms with E-state index in [1.165, 1.54) is 5.56 Å². The van der Waals surface area contributed by atoms with Gasteiger partial charge in [-0.2, -0.15) is 0 Å². The number of aryl methyl sites for hydroxylation is 1. The fourth-order valence-corrected chi connectivity index (χ4v) is 4.54. The van der Waals surface area contributed by atoms with Crippen LogP contribution in [0.5, 0.6) is 0 Å². The standard InChI is InChI=1S/C15H22N2O3S/c1-12-3-5-13(6-4-12)9-16-14(18)10-17-15(2)7-8-21(19,20)11-15/h3-6,17H,7-11H2,1-2H3,(H,16,18). The van der Waals surface area contributed by atoms with Crippen molar-refractivity contribution in [1.29, 1.82) is 0 Å². The molecule has 0 spiro atoms. The van der Waals surface area contributed by atoms with E-state index in [2.05, 4.69) is 10.6 Å². The lowest BCUT2D eigenvalue weighted by Crippen LogP contribution is -2.48. The van der Waals surface area contributed by atoms with E-state index >= 15 is 0 Å². The maximum absolute atomic E-state index is 11.8. The Morgan fingerprint density at radius 1 is 1.29 bits per heavy atom. The normalized spacial score (nSPS) is 23.9. The van der Waals surface area contributed by atoms with Gasteiger partial charge in [0.1, 0.15) is 0 Å². The van der Waals surface area contributed by atoms with Crippen LogP contribution in [0.3, 0.4) is 0 Å². The molecule has 1 aliphatic heterocycles. The van der Waals surface area contributed by atoms with E-state index in [0.717, 1.165) is 5.56 Å². The summed E-state index contributed by atoms with van der Waals surface area (Å²) in [4.78, 5) is 11.8. The molecule has 1 saturated heterocycles. The third kappa shape index (κ3) is 4.82. The highest BCUT2D eigenvalue weighted by molar-refractivity contribution is 7.91. The minimum atomic E-state index is -2.96. The van der Waals surface area contributed by atoms with Crippen molar-refractivity contribution < 1.29 is 13.2 Å². The number of amides is 1. The zero-order valence-electron chi connectivity index (χ0n) is 12.5. The smallest absolute Gasteiger partial charge is 0.234 e. The highest BCUT2D eigenvalue weighted by atomic mass is 32.2. The summed E-state index contributed by atoms with van der Waals surface area (Å²) in [5.74, 6) is 0.174. The van der Waals surface area contributed by atoms with E-state index in [1.807, 2.05) is 38.1 Å². The van der Waals surface area contributed by atoms with E-state index < -0.39 is 15.4 Å². The van der Waals surface area contributed by atoms with Crippen molar-refractivity contribution in [3.05, 3.63) is 35.4 Å². The van der Waals surface area contributed by atoms with E-state index in [1.54, 1.807) is 0 Å². The summed E-state index contributed by atoms with van der Waals surface area (Å²) >= 11 is 0. The Morgan fingerprint density at radius 2 is 1.95 bits per heavy atom. The van der Waals surface area contributed by atoms with Gasteiger partial charge in [0, 0.05) is 12.1 Å². The van der Waals surface area contributed by atoms with Crippen molar-refractivity contribution in [2.24, 2.45) is 0 Å². The van der Waals surface area contributed by atoms with Crippen LogP contribution in [0, 0.1) is 6.92 Å². The highest BCUT2D eigenvalue weighted by Crippen LogP contribution is 2.22. The van der Waals surface area contributed by atoms with Gasteiger partial charge in [-0.3, -0.25) is 4.79 Å². The first-order valence-electron chi connectivity index (χ1n) is 7.06. The Hall–Kier alpha value is -1.40. The third-order valence-corrected chi connectivity index (χ3v) is 5.69. The van der Waals surface area contributed by atoms with Crippen molar-refractivity contribution in [1.82, 2.24) is 10.6 Å². The average molecular weight is 310 g/mol. The number of carbonyl (C=O) groups is 1. The molecule has 0 aromatic heterocycles. The second-order valence-electron chi connectivity index (χ2n) is 6.02. The van der Waals surface area contributed by atoms with Gasteiger partial charge < -0.3 is 10.6 Å². The first-order valence-corrected chi connectivity index (χ1v) is 8.88. The molecule has 1 aromatic carbocycles.